The van der Waals surface area contributed by atoms with Crippen LogP contribution in [0.1, 0.15) is 73.5 Å². The summed E-state index contributed by atoms with van der Waals surface area (Å²) in [7, 11) is 0. The molecule has 5 heteroatoms. The molecule has 0 spiro atoms. The number of fused-ring (bicyclic) bond motifs is 3. The van der Waals surface area contributed by atoms with Gasteiger partial charge < -0.3 is 9.88 Å². The summed E-state index contributed by atoms with van der Waals surface area (Å²) in [5.41, 5.74) is 3.55. The van der Waals surface area contributed by atoms with Crippen molar-refractivity contribution in [1.29, 1.82) is 0 Å². The number of rotatable bonds is 3. The zero-order valence-corrected chi connectivity index (χ0v) is 20.6. The number of nitrogens with zero attached hydrogens (tertiary/aromatic N) is 2. The smallest absolute Gasteiger partial charge is 0.275 e. The van der Waals surface area contributed by atoms with Crippen molar-refractivity contribution in [2.75, 3.05) is 4.90 Å². The number of para-hydroxylation sites is 1. The van der Waals surface area contributed by atoms with Gasteiger partial charge in [0.05, 0.1) is 6.54 Å². The van der Waals surface area contributed by atoms with Crippen LogP contribution in [0, 0.1) is 13.8 Å². The van der Waals surface area contributed by atoms with E-state index in [2.05, 4.69) is 11.4 Å². The Balaban J connectivity index is 1.59. The Hall–Kier alpha value is -3.08. The van der Waals surface area contributed by atoms with Crippen LogP contribution in [0.25, 0.3) is 10.9 Å². The number of amides is 2. The summed E-state index contributed by atoms with van der Waals surface area (Å²) in [5, 5.41) is 4.40. The first-order chi connectivity index (χ1) is 16.4. The first kappa shape index (κ1) is 22.7. The van der Waals surface area contributed by atoms with Crippen molar-refractivity contribution in [3.05, 3.63) is 65.4 Å². The predicted octanol–water partition coefficient (Wildman–Crippen LogP) is 5.91. The lowest BCUT2D eigenvalue weighted by molar-refractivity contribution is -0.127. The molecule has 1 atom stereocenters. The van der Waals surface area contributed by atoms with Crippen LogP contribution >= 0.6 is 0 Å². The van der Waals surface area contributed by atoms with Crippen molar-refractivity contribution in [2.24, 2.45) is 0 Å². The highest BCUT2D eigenvalue weighted by molar-refractivity contribution is 6.14. The van der Waals surface area contributed by atoms with Crippen molar-refractivity contribution in [1.82, 2.24) is 9.88 Å². The zero-order chi connectivity index (χ0) is 23.9. The molecule has 0 bridgehead atoms. The minimum atomic E-state index is -1.03. The van der Waals surface area contributed by atoms with E-state index in [4.69, 9.17) is 0 Å². The Bertz CT molecular complexity index is 1220. The third-order valence-corrected chi connectivity index (χ3v) is 7.59. The minimum Gasteiger partial charge on any atom is -0.351 e. The van der Waals surface area contributed by atoms with Crippen molar-refractivity contribution in [3.8, 4) is 0 Å². The van der Waals surface area contributed by atoms with Crippen LogP contribution < -0.4 is 10.2 Å². The van der Waals surface area contributed by atoms with Gasteiger partial charge in [-0.2, -0.15) is 0 Å². The maximum absolute atomic E-state index is 14.0. The van der Waals surface area contributed by atoms with Gasteiger partial charge in [0.1, 0.15) is 11.2 Å². The Morgan fingerprint density at radius 2 is 1.59 bits per heavy atom. The molecule has 0 saturated heterocycles. The summed E-state index contributed by atoms with van der Waals surface area (Å²) < 4.78 is 2.04. The molecule has 1 aliphatic heterocycles. The number of hydrogen-bond donors (Lipinski definition) is 1. The topological polar surface area (TPSA) is 54.3 Å². The van der Waals surface area contributed by atoms with E-state index < -0.39 is 5.54 Å². The van der Waals surface area contributed by atoms with E-state index >= 15 is 0 Å². The number of carbonyl (C=O) groups is 2. The number of aromatic nitrogens is 1. The average molecular weight is 458 g/mol. The molecule has 178 valence electrons. The highest BCUT2D eigenvalue weighted by atomic mass is 16.2. The average Bonchev–Trinajstić information content (AvgIpc) is 3.13. The van der Waals surface area contributed by atoms with Crippen LogP contribution in [0.4, 0.5) is 5.69 Å². The molecule has 2 aliphatic rings. The second-order valence-corrected chi connectivity index (χ2v) is 10.5. The van der Waals surface area contributed by atoms with Gasteiger partial charge in [-0.1, -0.05) is 56.4 Å². The third-order valence-electron chi connectivity index (χ3n) is 7.59. The Kier molecular flexibility index (Phi) is 5.97. The number of hydrogen-bond acceptors (Lipinski definition) is 2. The van der Waals surface area contributed by atoms with Gasteiger partial charge in [0, 0.05) is 22.6 Å². The number of carbonyl (C=O) groups excluding carboxylic acids is 2. The van der Waals surface area contributed by atoms with Gasteiger partial charge in [-0.25, -0.2) is 0 Å². The van der Waals surface area contributed by atoms with Gasteiger partial charge in [-0.3, -0.25) is 14.5 Å². The molecule has 1 saturated carbocycles. The van der Waals surface area contributed by atoms with E-state index in [1.165, 1.54) is 19.3 Å². The Morgan fingerprint density at radius 1 is 0.941 bits per heavy atom. The quantitative estimate of drug-likeness (QED) is 0.532. The molecule has 34 heavy (non-hydrogen) atoms. The van der Waals surface area contributed by atoms with E-state index in [-0.39, 0.29) is 17.9 Å². The van der Waals surface area contributed by atoms with Gasteiger partial charge in [0.2, 0.25) is 5.91 Å². The maximum Gasteiger partial charge on any atom is 0.275 e. The fourth-order valence-electron chi connectivity index (χ4n) is 5.87. The molecule has 1 aliphatic carbocycles. The third kappa shape index (κ3) is 4.02. The first-order valence-corrected chi connectivity index (χ1v) is 12.7. The van der Waals surface area contributed by atoms with Gasteiger partial charge >= 0.3 is 0 Å². The first-order valence-electron chi connectivity index (χ1n) is 12.7. The van der Waals surface area contributed by atoms with E-state index in [1.54, 1.807) is 4.90 Å². The summed E-state index contributed by atoms with van der Waals surface area (Å²) in [6, 6.07) is 16.3. The van der Waals surface area contributed by atoms with Crippen LogP contribution in [0.2, 0.25) is 0 Å². The van der Waals surface area contributed by atoms with E-state index in [9.17, 15) is 9.59 Å². The Morgan fingerprint density at radius 3 is 2.29 bits per heavy atom. The fraction of sp³-hybridized carbons (Fsp3) is 0.448. The van der Waals surface area contributed by atoms with Crippen LogP contribution in [0.3, 0.4) is 0 Å². The number of nitrogens with one attached hydrogen (secondary N) is 1. The molecule has 1 unspecified atom stereocenters. The lowest BCUT2D eigenvalue weighted by Crippen LogP contribution is -2.65. The van der Waals surface area contributed by atoms with Gasteiger partial charge in [0.15, 0.2) is 0 Å². The van der Waals surface area contributed by atoms with Crippen molar-refractivity contribution < 1.29 is 9.59 Å². The molecular weight excluding hydrogens is 422 g/mol. The zero-order valence-electron chi connectivity index (χ0n) is 20.6. The number of benzene rings is 2. The molecule has 2 heterocycles. The maximum atomic E-state index is 14.0. The second kappa shape index (κ2) is 8.94. The van der Waals surface area contributed by atoms with Crippen LogP contribution in [0.5, 0.6) is 0 Å². The van der Waals surface area contributed by atoms with Gasteiger partial charge in [-0.05, 0) is 69.0 Å². The predicted molar refractivity (Wildman–Crippen MR) is 137 cm³/mol. The molecule has 2 amide bonds. The minimum absolute atomic E-state index is 0.0611. The highest BCUT2D eigenvalue weighted by Gasteiger charge is 2.49. The monoisotopic (exact) mass is 457 g/mol. The van der Waals surface area contributed by atoms with Crippen LogP contribution in [-0.2, 0) is 11.3 Å². The highest BCUT2D eigenvalue weighted by Crippen LogP contribution is 2.37. The molecule has 1 N–H and O–H groups in total. The van der Waals surface area contributed by atoms with Crippen molar-refractivity contribution >= 4 is 28.4 Å². The standard InChI is InChI=1S/C29H35N3O2/c1-20-15-21(2)17-24(16-20)32-27(33)26-18-22-11-9-10-14-25(22)31(26)19-29(32,3)28(34)30-23-12-7-5-4-6-8-13-23/h9-11,14-18,23H,4-8,12-13,19H2,1-3H3,(H,30,34). The summed E-state index contributed by atoms with van der Waals surface area (Å²) in [6.07, 6.45) is 8.07. The lowest BCUT2D eigenvalue weighted by Gasteiger charge is -2.45. The van der Waals surface area contributed by atoms with E-state index in [0.717, 1.165) is 53.4 Å². The molecule has 1 fully saturated rings. The summed E-state index contributed by atoms with van der Waals surface area (Å²) in [4.78, 5) is 29.8. The largest absolute Gasteiger partial charge is 0.351 e. The SMILES string of the molecule is Cc1cc(C)cc(N2C(=O)c3cc4ccccc4n3CC2(C)C(=O)NC2CCCCCCC2)c1. The van der Waals surface area contributed by atoms with Crippen LogP contribution in [0.15, 0.2) is 48.5 Å². The normalized spacial score (nSPS) is 21.7. The molecular formula is C29H35N3O2. The fourth-order valence-corrected chi connectivity index (χ4v) is 5.87. The lowest BCUT2D eigenvalue weighted by atomic mass is 9.91. The summed E-state index contributed by atoms with van der Waals surface area (Å²) in [6.45, 7) is 6.42. The molecule has 5 rings (SSSR count). The Labute approximate surface area is 202 Å². The molecule has 2 aromatic carbocycles. The number of anilines is 1. The summed E-state index contributed by atoms with van der Waals surface area (Å²) >= 11 is 0. The van der Waals surface area contributed by atoms with E-state index in [0.29, 0.717) is 12.2 Å². The van der Waals surface area contributed by atoms with Crippen LogP contribution in [-0.4, -0.2) is 28.0 Å². The van der Waals surface area contributed by atoms with Crippen molar-refractivity contribution in [3.63, 3.8) is 0 Å². The van der Waals surface area contributed by atoms with Crippen molar-refractivity contribution in [2.45, 2.75) is 83.8 Å². The van der Waals surface area contributed by atoms with Gasteiger partial charge in [0.25, 0.3) is 5.91 Å². The summed E-state index contributed by atoms with van der Waals surface area (Å²) in [5.74, 6) is -0.184. The van der Waals surface area contributed by atoms with Gasteiger partial charge in [-0.15, -0.1) is 0 Å². The second-order valence-electron chi connectivity index (χ2n) is 10.5. The molecule has 1 aromatic heterocycles. The molecule has 3 aromatic rings. The van der Waals surface area contributed by atoms with E-state index in [1.807, 2.05) is 67.8 Å². The molecule has 5 nitrogen and oxygen atoms in total. The molecule has 0 radical (unpaired) electrons. The number of aryl methyl sites for hydroxylation is 2.